The molecule has 0 spiro atoms. The highest BCUT2D eigenvalue weighted by Crippen LogP contribution is 2.41. The third kappa shape index (κ3) is 1.84. The van der Waals surface area contributed by atoms with Crippen molar-refractivity contribution in [1.29, 1.82) is 0 Å². The van der Waals surface area contributed by atoms with Crippen LogP contribution in [0, 0.1) is 0 Å². The van der Waals surface area contributed by atoms with Crippen LogP contribution in [0.2, 0.25) is 0 Å². The fraction of sp³-hybridized carbons (Fsp3) is 0.556. The first-order chi connectivity index (χ1) is 6.99. The second kappa shape index (κ2) is 3.29. The first-order valence-corrected chi connectivity index (χ1v) is 4.64. The van der Waals surface area contributed by atoms with E-state index in [4.69, 9.17) is 5.11 Å². The Morgan fingerprint density at radius 1 is 1.67 bits per heavy atom. The van der Waals surface area contributed by atoms with Crippen LogP contribution in [0.4, 0.5) is 8.78 Å². The van der Waals surface area contributed by atoms with Gasteiger partial charge in [0, 0.05) is 19.0 Å². The van der Waals surface area contributed by atoms with E-state index in [0.29, 0.717) is 0 Å². The fourth-order valence-electron chi connectivity index (χ4n) is 1.91. The molecule has 15 heavy (non-hydrogen) atoms. The lowest BCUT2D eigenvalue weighted by Crippen LogP contribution is -2.17. The summed E-state index contributed by atoms with van der Waals surface area (Å²) in [6, 6.07) is 0.819. The van der Waals surface area contributed by atoms with Gasteiger partial charge in [-0.3, -0.25) is 4.68 Å². The molecule has 0 bridgehead atoms. The van der Waals surface area contributed by atoms with Gasteiger partial charge >= 0.3 is 5.97 Å². The number of halogens is 2. The minimum absolute atomic E-state index is 0.0299. The number of carbonyl (C=O) groups is 1. The molecule has 1 aromatic heterocycles. The van der Waals surface area contributed by atoms with E-state index in [0.717, 1.165) is 0 Å². The van der Waals surface area contributed by atoms with E-state index in [9.17, 15) is 13.6 Å². The van der Waals surface area contributed by atoms with E-state index >= 15 is 0 Å². The Kier molecular flexibility index (Phi) is 2.21. The van der Waals surface area contributed by atoms with Crippen molar-refractivity contribution in [2.24, 2.45) is 0 Å². The first kappa shape index (κ1) is 10.1. The van der Waals surface area contributed by atoms with Crippen LogP contribution in [-0.2, 0) is 0 Å². The zero-order chi connectivity index (χ0) is 11.1. The number of hydrogen-bond acceptors (Lipinski definition) is 2. The second-order valence-electron chi connectivity index (χ2n) is 3.72. The number of carboxylic acid groups (broad SMARTS) is 1. The van der Waals surface area contributed by atoms with E-state index in [1.807, 2.05) is 0 Å². The maximum absolute atomic E-state index is 12.9. The number of aromatic carboxylic acids is 1. The van der Waals surface area contributed by atoms with Crippen molar-refractivity contribution < 1.29 is 18.7 Å². The van der Waals surface area contributed by atoms with Crippen molar-refractivity contribution in [2.45, 2.75) is 31.2 Å². The molecule has 1 aromatic rings. The molecular weight excluding hydrogens is 206 g/mol. The van der Waals surface area contributed by atoms with Crippen molar-refractivity contribution in [1.82, 2.24) is 9.78 Å². The van der Waals surface area contributed by atoms with Crippen LogP contribution in [0.1, 0.15) is 35.8 Å². The molecule has 1 N–H and O–H groups in total. The molecule has 1 unspecified atom stereocenters. The highest BCUT2D eigenvalue weighted by atomic mass is 19.3. The number of aromatic nitrogens is 2. The zero-order valence-electron chi connectivity index (χ0n) is 7.86. The van der Waals surface area contributed by atoms with Crippen LogP contribution in [0.15, 0.2) is 12.3 Å². The van der Waals surface area contributed by atoms with Crippen LogP contribution in [0.25, 0.3) is 0 Å². The summed E-state index contributed by atoms with van der Waals surface area (Å²) in [7, 11) is 0. The van der Waals surface area contributed by atoms with Crippen molar-refractivity contribution in [3.63, 3.8) is 0 Å². The molecule has 0 aliphatic heterocycles. The summed E-state index contributed by atoms with van der Waals surface area (Å²) in [5.41, 5.74) is -0.0299. The monoisotopic (exact) mass is 216 g/mol. The van der Waals surface area contributed by atoms with Gasteiger partial charge in [0.25, 0.3) is 0 Å². The highest BCUT2D eigenvalue weighted by molar-refractivity contribution is 5.85. The average Bonchev–Trinajstić information content (AvgIpc) is 2.69. The van der Waals surface area contributed by atoms with Crippen molar-refractivity contribution in [3.8, 4) is 0 Å². The van der Waals surface area contributed by atoms with E-state index in [2.05, 4.69) is 5.10 Å². The first-order valence-electron chi connectivity index (χ1n) is 4.64. The summed E-state index contributed by atoms with van der Waals surface area (Å²) in [4.78, 5) is 10.8. The van der Waals surface area contributed by atoms with Gasteiger partial charge in [0.05, 0.1) is 6.04 Å². The lowest BCUT2D eigenvalue weighted by atomic mass is 10.2. The SMILES string of the molecule is O=C(O)c1ccnn1C1CCC(F)(F)C1. The van der Waals surface area contributed by atoms with Gasteiger partial charge in [-0.1, -0.05) is 0 Å². The van der Waals surface area contributed by atoms with Crippen molar-refractivity contribution >= 4 is 5.97 Å². The number of nitrogens with zero attached hydrogens (tertiary/aromatic N) is 2. The molecule has 1 atom stereocenters. The lowest BCUT2D eigenvalue weighted by molar-refractivity contribution is 0.00492. The Morgan fingerprint density at radius 2 is 2.40 bits per heavy atom. The molecule has 1 aliphatic rings. The molecule has 0 radical (unpaired) electrons. The summed E-state index contributed by atoms with van der Waals surface area (Å²) in [6.45, 7) is 0. The van der Waals surface area contributed by atoms with E-state index in [-0.39, 0.29) is 25.0 Å². The van der Waals surface area contributed by atoms with Gasteiger partial charge < -0.3 is 5.11 Å². The predicted molar refractivity (Wildman–Crippen MR) is 47.0 cm³/mol. The summed E-state index contributed by atoms with van der Waals surface area (Å²) in [5, 5.41) is 12.6. The van der Waals surface area contributed by atoms with Crippen molar-refractivity contribution in [2.75, 3.05) is 0 Å². The van der Waals surface area contributed by atoms with Gasteiger partial charge in [-0.2, -0.15) is 5.10 Å². The Bertz CT molecular complexity index is 389. The predicted octanol–water partition coefficient (Wildman–Crippen LogP) is 1.94. The second-order valence-corrected chi connectivity index (χ2v) is 3.72. The summed E-state index contributed by atoms with van der Waals surface area (Å²) >= 11 is 0. The number of carboxylic acids is 1. The third-order valence-corrected chi connectivity index (χ3v) is 2.61. The third-order valence-electron chi connectivity index (χ3n) is 2.61. The summed E-state index contributed by atoms with van der Waals surface area (Å²) in [6.07, 6.45) is 1.07. The Hall–Kier alpha value is -1.46. The van der Waals surface area contributed by atoms with Crippen molar-refractivity contribution in [3.05, 3.63) is 18.0 Å². The van der Waals surface area contributed by atoms with Gasteiger partial charge in [0.1, 0.15) is 5.69 Å². The van der Waals surface area contributed by atoms with Gasteiger partial charge in [-0.25, -0.2) is 13.6 Å². The molecule has 2 rings (SSSR count). The van der Waals surface area contributed by atoms with Gasteiger partial charge in [0.2, 0.25) is 5.92 Å². The Labute approximate surface area is 84.5 Å². The number of hydrogen-bond donors (Lipinski definition) is 1. The molecule has 0 saturated heterocycles. The van der Waals surface area contributed by atoms with Crippen LogP contribution in [-0.4, -0.2) is 26.8 Å². The molecule has 1 saturated carbocycles. The number of rotatable bonds is 2. The summed E-state index contributed by atoms with van der Waals surface area (Å²) in [5.74, 6) is -3.82. The Morgan fingerprint density at radius 3 is 2.93 bits per heavy atom. The lowest BCUT2D eigenvalue weighted by Gasteiger charge is -2.12. The molecule has 1 fully saturated rings. The smallest absolute Gasteiger partial charge is 0.354 e. The zero-order valence-corrected chi connectivity index (χ0v) is 7.86. The largest absolute Gasteiger partial charge is 0.477 e. The normalized spacial score (nSPS) is 24.3. The van der Waals surface area contributed by atoms with Crippen LogP contribution in [0.5, 0.6) is 0 Å². The van der Waals surface area contributed by atoms with Crippen LogP contribution in [0.3, 0.4) is 0 Å². The van der Waals surface area contributed by atoms with E-state index in [1.54, 1.807) is 0 Å². The fourth-order valence-corrected chi connectivity index (χ4v) is 1.91. The Balaban J connectivity index is 2.24. The molecule has 4 nitrogen and oxygen atoms in total. The van der Waals surface area contributed by atoms with Gasteiger partial charge in [-0.05, 0) is 12.5 Å². The average molecular weight is 216 g/mol. The molecule has 6 heteroatoms. The van der Waals surface area contributed by atoms with E-state index in [1.165, 1.54) is 16.9 Å². The molecule has 0 aromatic carbocycles. The van der Waals surface area contributed by atoms with Crippen LogP contribution >= 0.6 is 0 Å². The van der Waals surface area contributed by atoms with Gasteiger partial charge in [0.15, 0.2) is 0 Å². The molecule has 0 amide bonds. The quantitative estimate of drug-likeness (QED) is 0.821. The van der Waals surface area contributed by atoms with E-state index < -0.39 is 17.9 Å². The van der Waals surface area contributed by atoms with Crippen LogP contribution < -0.4 is 0 Å². The van der Waals surface area contributed by atoms with Gasteiger partial charge in [-0.15, -0.1) is 0 Å². The maximum Gasteiger partial charge on any atom is 0.354 e. The standard InChI is InChI=1S/C9H10F2N2O2/c10-9(11)3-1-6(5-9)13-7(8(14)15)2-4-12-13/h2,4,6H,1,3,5H2,(H,14,15). The maximum atomic E-state index is 12.9. The highest BCUT2D eigenvalue weighted by Gasteiger charge is 2.41. The minimum atomic E-state index is -2.69. The number of alkyl halides is 2. The molecular formula is C9H10F2N2O2. The molecule has 82 valence electrons. The molecule has 1 aliphatic carbocycles. The summed E-state index contributed by atoms with van der Waals surface area (Å²) < 4.78 is 27.0. The molecule has 1 heterocycles. The minimum Gasteiger partial charge on any atom is -0.477 e. The topological polar surface area (TPSA) is 55.1 Å².